The second kappa shape index (κ2) is 7.34. The summed E-state index contributed by atoms with van der Waals surface area (Å²) in [5.41, 5.74) is 1.22. The predicted octanol–water partition coefficient (Wildman–Crippen LogP) is 3.89. The molecule has 1 unspecified atom stereocenters. The van der Waals surface area contributed by atoms with E-state index in [9.17, 15) is 9.59 Å². The summed E-state index contributed by atoms with van der Waals surface area (Å²) < 4.78 is 0. The molecule has 1 atom stereocenters. The lowest BCUT2D eigenvalue weighted by atomic mass is 10.0. The molecular weight excluding hydrogens is 347 g/mol. The molecule has 0 spiro atoms. The molecule has 1 fully saturated rings. The van der Waals surface area contributed by atoms with Crippen LogP contribution in [0.25, 0.3) is 0 Å². The number of carbonyl (C=O) groups excluding carboxylic acids is 2. The minimum atomic E-state index is -0.469. The van der Waals surface area contributed by atoms with Crippen LogP contribution in [0.15, 0.2) is 48.5 Å². The van der Waals surface area contributed by atoms with Gasteiger partial charge >= 0.3 is 0 Å². The van der Waals surface area contributed by atoms with Crippen LogP contribution in [0.2, 0.25) is 10.0 Å². The van der Waals surface area contributed by atoms with Gasteiger partial charge in [0, 0.05) is 40.8 Å². The minimum absolute atomic E-state index is 0.0742. The molecule has 1 aliphatic heterocycles. The van der Waals surface area contributed by atoms with E-state index in [1.165, 1.54) is 0 Å². The number of Topliss-reactive ketones (excluding diaryl/α,β-unsaturated/α-hetero) is 1. The van der Waals surface area contributed by atoms with Crippen molar-refractivity contribution in [2.24, 2.45) is 0 Å². The number of halogens is 2. The van der Waals surface area contributed by atoms with Crippen molar-refractivity contribution in [1.29, 1.82) is 0 Å². The molecule has 1 amide bonds. The van der Waals surface area contributed by atoms with E-state index in [1.54, 1.807) is 48.5 Å². The van der Waals surface area contributed by atoms with E-state index in [1.807, 2.05) is 4.90 Å². The smallest absolute Gasteiger partial charge is 0.242 e. The molecule has 1 N–H and O–H groups in total. The first-order chi connectivity index (χ1) is 11.5. The first-order valence-electron chi connectivity index (χ1n) is 7.62. The zero-order chi connectivity index (χ0) is 17.1. The summed E-state index contributed by atoms with van der Waals surface area (Å²) in [5.74, 6) is -0.257. The van der Waals surface area contributed by atoms with Crippen molar-refractivity contribution in [3.63, 3.8) is 0 Å². The molecule has 24 heavy (non-hydrogen) atoms. The molecule has 0 aromatic heterocycles. The van der Waals surface area contributed by atoms with E-state index < -0.39 is 6.04 Å². The normalized spacial score (nSPS) is 14.9. The number of ketones is 1. The topological polar surface area (TPSA) is 49.2 Å². The Hall–Kier alpha value is -1.88. The number of nitrogens with zero attached hydrogens (tertiary/aromatic N) is 1. The maximum Gasteiger partial charge on any atom is 0.242 e. The van der Waals surface area contributed by atoms with Crippen LogP contribution in [-0.4, -0.2) is 35.7 Å². The molecule has 0 saturated carbocycles. The van der Waals surface area contributed by atoms with Gasteiger partial charge in [-0.3, -0.25) is 14.5 Å². The van der Waals surface area contributed by atoms with Gasteiger partial charge in [-0.2, -0.15) is 0 Å². The van der Waals surface area contributed by atoms with Crippen LogP contribution in [0.5, 0.6) is 0 Å². The van der Waals surface area contributed by atoms with Gasteiger partial charge in [-0.1, -0.05) is 23.2 Å². The van der Waals surface area contributed by atoms with E-state index in [0.29, 0.717) is 21.3 Å². The zero-order valence-corrected chi connectivity index (χ0v) is 14.3. The van der Waals surface area contributed by atoms with Gasteiger partial charge in [0.2, 0.25) is 5.91 Å². The van der Waals surface area contributed by atoms with Crippen LogP contribution in [0.1, 0.15) is 16.8 Å². The Morgan fingerprint density at radius 2 is 1.50 bits per heavy atom. The largest absolute Gasteiger partial charge is 0.325 e. The third-order valence-electron chi connectivity index (χ3n) is 3.88. The van der Waals surface area contributed by atoms with Gasteiger partial charge in [0.15, 0.2) is 5.78 Å². The summed E-state index contributed by atoms with van der Waals surface area (Å²) in [7, 11) is 0. The summed E-state index contributed by atoms with van der Waals surface area (Å²) in [4.78, 5) is 26.9. The predicted molar refractivity (Wildman–Crippen MR) is 95.8 cm³/mol. The minimum Gasteiger partial charge on any atom is -0.325 e. The number of benzene rings is 2. The van der Waals surface area contributed by atoms with Crippen LogP contribution < -0.4 is 5.32 Å². The molecule has 2 aromatic carbocycles. The van der Waals surface area contributed by atoms with Crippen LogP contribution in [0, 0.1) is 0 Å². The maximum absolute atomic E-state index is 12.5. The van der Waals surface area contributed by atoms with Crippen molar-refractivity contribution in [3.05, 3.63) is 64.1 Å². The van der Waals surface area contributed by atoms with Crippen molar-refractivity contribution in [2.75, 3.05) is 18.4 Å². The van der Waals surface area contributed by atoms with Crippen molar-refractivity contribution in [2.45, 2.75) is 12.5 Å². The summed E-state index contributed by atoms with van der Waals surface area (Å²) in [6.07, 6.45) is 0.140. The lowest BCUT2D eigenvalue weighted by Gasteiger charge is -2.17. The Balaban J connectivity index is 1.68. The van der Waals surface area contributed by atoms with E-state index in [0.717, 1.165) is 13.1 Å². The molecule has 0 bridgehead atoms. The van der Waals surface area contributed by atoms with E-state index in [-0.39, 0.29) is 18.1 Å². The van der Waals surface area contributed by atoms with Gasteiger partial charge in [0.1, 0.15) is 0 Å². The Labute approximate surface area is 150 Å². The van der Waals surface area contributed by atoms with Gasteiger partial charge in [-0.15, -0.1) is 0 Å². The van der Waals surface area contributed by atoms with Crippen LogP contribution in [0.4, 0.5) is 5.69 Å². The Morgan fingerprint density at radius 3 is 2.04 bits per heavy atom. The third kappa shape index (κ3) is 4.35. The standard InChI is InChI=1S/C18H16Cl2N2O2/c19-13-3-1-12(2-4-13)17(23)11-16(22-9-10-22)18(24)21-15-7-5-14(20)6-8-15/h1-8,16H,9-11H2,(H,21,24). The zero-order valence-electron chi connectivity index (χ0n) is 12.8. The average Bonchev–Trinajstić information content (AvgIpc) is 3.40. The fourth-order valence-corrected chi connectivity index (χ4v) is 2.70. The molecule has 6 heteroatoms. The maximum atomic E-state index is 12.5. The summed E-state index contributed by atoms with van der Waals surface area (Å²) in [5, 5.41) is 4.03. The Kier molecular flexibility index (Phi) is 5.19. The number of anilines is 1. The van der Waals surface area contributed by atoms with Crippen LogP contribution in [-0.2, 0) is 4.79 Å². The fourth-order valence-electron chi connectivity index (χ4n) is 2.45. The van der Waals surface area contributed by atoms with Crippen molar-refractivity contribution in [1.82, 2.24) is 4.90 Å². The van der Waals surface area contributed by atoms with E-state index in [2.05, 4.69) is 5.32 Å². The number of hydrogen-bond acceptors (Lipinski definition) is 3. The first-order valence-corrected chi connectivity index (χ1v) is 8.38. The monoisotopic (exact) mass is 362 g/mol. The number of amides is 1. The molecule has 0 radical (unpaired) electrons. The summed E-state index contributed by atoms with van der Waals surface area (Å²) in [6.45, 7) is 1.65. The van der Waals surface area contributed by atoms with Crippen molar-refractivity contribution in [3.8, 4) is 0 Å². The molecular formula is C18H16Cl2N2O2. The summed E-state index contributed by atoms with van der Waals surface area (Å²) in [6, 6.07) is 13.1. The van der Waals surface area contributed by atoms with E-state index in [4.69, 9.17) is 23.2 Å². The second-order valence-electron chi connectivity index (χ2n) is 5.68. The van der Waals surface area contributed by atoms with E-state index >= 15 is 0 Å². The highest BCUT2D eigenvalue weighted by molar-refractivity contribution is 6.31. The summed E-state index contributed by atoms with van der Waals surface area (Å²) >= 11 is 11.7. The number of hydrogen-bond donors (Lipinski definition) is 1. The molecule has 4 nitrogen and oxygen atoms in total. The molecule has 0 aliphatic carbocycles. The van der Waals surface area contributed by atoms with Crippen molar-refractivity contribution >= 4 is 40.6 Å². The number of carbonyl (C=O) groups is 2. The molecule has 1 aliphatic rings. The van der Waals surface area contributed by atoms with Gasteiger partial charge in [-0.25, -0.2) is 0 Å². The highest BCUT2D eigenvalue weighted by Gasteiger charge is 2.34. The third-order valence-corrected chi connectivity index (χ3v) is 4.39. The average molecular weight is 363 g/mol. The molecule has 1 heterocycles. The quantitative estimate of drug-likeness (QED) is 0.626. The fraction of sp³-hybridized carbons (Fsp3) is 0.222. The first kappa shape index (κ1) is 17.0. The Bertz CT molecular complexity index is 741. The number of rotatable bonds is 6. The van der Waals surface area contributed by atoms with Gasteiger partial charge in [0.25, 0.3) is 0 Å². The lowest BCUT2D eigenvalue weighted by molar-refractivity contribution is -0.119. The SMILES string of the molecule is O=C(CC(C(=O)Nc1ccc(Cl)cc1)N1CC1)c1ccc(Cl)cc1. The number of nitrogens with one attached hydrogen (secondary N) is 1. The van der Waals surface area contributed by atoms with Gasteiger partial charge < -0.3 is 5.32 Å². The van der Waals surface area contributed by atoms with Crippen LogP contribution >= 0.6 is 23.2 Å². The van der Waals surface area contributed by atoms with Gasteiger partial charge in [0.05, 0.1) is 6.04 Å². The second-order valence-corrected chi connectivity index (χ2v) is 6.55. The highest BCUT2D eigenvalue weighted by Crippen LogP contribution is 2.20. The van der Waals surface area contributed by atoms with Gasteiger partial charge in [-0.05, 0) is 48.5 Å². The molecule has 3 rings (SSSR count). The van der Waals surface area contributed by atoms with Crippen LogP contribution in [0.3, 0.4) is 0 Å². The molecule has 2 aromatic rings. The Morgan fingerprint density at radius 1 is 0.958 bits per heavy atom. The lowest BCUT2D eigenvalue weighted by Crippen LogP contribution is -2.36. The van der Waals surface area contributed by atoms with Crippen molar-refractivity contribution < 1.29 is 9.59 Å². The molecule has 1 saturated heterocycles. The highest BCUT2D eigenvalue weighted by atomic mass is 35.5. The molecule has 124 valence electrons.